The topological polar surface area (TPSA) is 117 Å². The molecule has 42 heavy (non-hydrogen) atoms. The van der Waals surface area contributed by atoms with Crippen LogP contribution in [0.25, 0.3) is 0 Å². The highest BCUT2D eigenvalue weighted by atomic mass is 32.2. The van der Waals surface area contributed by atoms with Crippen LogP contribution >= 0.6 is 11.8 Å². The molecule has 2 aromatic rings. The molecule has 3 amide bonds. The van der Waals surface area contributed by atoms with Crippen LogP contribution in [-0.4, -0.2) is 69.6 Å². The average molecular weight is 596 g/mol. The van der Waals surface area contributed by atoms with E-state index in [9.17, 15) is 19.5 Å². The fraction of sp³-hybridized carbons (Fsp3) is 0.531. The molecule has 3 aliphatic rings. The third-order valence-corrected chi connectivity index (χ3v) is 10.9. The number of methoxy groups -OCH3 is 1. The summed E-state index contributed by atoms with van der Waals surface area (Å²) in [6, 6.07) is 12.9. The number of aliphatic hydroxyl groups is 1. The van der Waals surface area contributed by atoms with Gasteiger partial charge in [0.2, 0.25) is 17.7 Å². The van der Waals surface area contributed by atoms with Gasteiger partial charge in [-0.25, -0.2) is 0 Å². The van der Waals surface area contributed by atoms with Crippen molar-refractivity contribution >= 4 is 40.9 Å². The van der Waals surface area contributed by atoms with Crippen LogP contribution in [0.3, 0.4) is 0 Å². The van der Waals surface area contributed by atoms with E-state index in [1.54, 1.807) is 72.3 Å². The Morgan fingerprint density at radius 3 is 2.17 bits per heavy atom. The Bertz CT molecular complexity index is 1320. The van der Waals surface area contributed by atoms with Crippen LogP contribution in [0.4, 0.5) is 11.4 Å². The van der Waals surface area contributed by atoms with E-state index in [-0.39, 0.29) is 30.2 Å². The molecule has 3 heterocycles. The predicted molar refractivity (Wildman–Crippen MR) is 164 cm³/mol. The number of fused-ring (bicyclic) bond motifs is 1. The van der Waals surface area contributed by atoms with Gasteiger partial charge in [-0.15, -0.1) is 11.8 Å². The van der Waals surface area contributed by atoms with E-state index in [0.717, 1.165) is 0 Å². The van der Waals surface area contributed by atoms with Crippen molar-refractivity contribution in [2.24, 2.45) is 17.8 Å². The molecule has 6 atom stereocenters. The maximum Gasteiger partial charge on any atom is 0.248 e. The number of likely N-dealkylation sites (tertiary alicyclic amines) is 1. The van der Waals surface area contributed by atoms with Gasteiger partial charge >= 0.3 is 0 Å². The number of nitrogens with one attached hydrogen (secondary N) is 2. The fourth-order valence-electron chi connectivity index (χ4n) is 7.18. The highest BCUT2D eigenvalue weighted by Gasteiger charge is 2.77. The maximum atomic E-state index is 14.4. The summed E-state index contributed by atoms with van der Waals surface area (Å²) in [6.45, 7) is 8.30. The first-order valence-electron chi connectivity index (χ1n) is 14.7. The van der Waals surface area contributed by atoms with E-state index >= 15 is 0 Å². The lowest BCUT2D eigenvalue weighted by Crippen LogP contribution is -2.55. The highest BCUT2D eigenvalue weighted by molar-refractivity contribution is 8.02. The molecule has 0 aromatic heterocycles. The Morgan fingerprint density at radius 2 is 1.62 bits per heavy atom. The molecule has 5 rings (SSSR count). The van der Waals surface area contributed by atoms with Crippen molar-refractivity contribution in [1.29, 1.82) is 0 Å². The summed E-state index contributed by atoms with van der Waals surface area (Å²) in [5.74, 6) is -0.500. The normalized spacial score (nSPS) is 28.5. The number of benzene rings is 2. The number of hydrogen-bond acceptors (Lipinski definition) is 7. The summed E-state index contributed by atoms with van der Waals surface area (Å²) in [5.41, 5.74) is 1.21. The Hall–Kier alpha value is -3.24. The molecule has 0 saturated carbocycles. The van der Waals surface area contributed by atoms with E-state index in [0.29, 0.717) is 48.7 Å². The zero-order valence-electron chi connectivity index (χ0n) is 24.9. The van der Waals surface area contributed by atoms with Crippen molar-refractivity contribution in [1.82, 2.24) is 4.90 Å². The number of rotatable bonds is 11. The van der Waals surface area contributed by atoms with Crippen LogP contribution in [0.1, 0.15) is 47.0 Å². The van der Waals surface area contributed by atoms with Gasteiger partial charge in [0.1, 0.15) is 17.5 Å². The summed E-state index contributed by atoms with van der Waals surface area (Å²) in [6.07, 6.45) is 1.88. The van der Waals surface area contributed by atoms with Crippen molar-refractivity contribution < 1.29 is 29.0 Å². The van der Waals surface area contributed by atoms with Crippen molar-refractivity contribution in [2.75, 3.05) is 31.0 Å². The van der Waals surface area contributed by atoms with E-state index in [2.05, 4.69) is 10.6 Å². The van der Waals surface area contributed by atoms with Gasteiger partial charge in [-0.3, -0.25) is 14.4 Å². The van der Waals surface area contributed by atoms with Crippen molar-refractivity contribution in [3.63, 3.8) is 0 Å². The molecule has 2 bridgehead atoms. The number of anilines is 2. The van der Waals surface area contributed by atoms with Gasteiger partial charge in [-0.2, -0.15) is 0 Å². The number of amides is 3. The fourth-order valence-corrected chi connectivity index (χ4v) is 9.53. The predicted octanol–water partition coefficient (Wildman–Crippen LogP) is 4.56. The minimum atomic E-state index is -0.830. The molecule has 10 heteroatoms. The van der Waals surface area contributed by atoms with Crippen molar-refractivity contribution in [3.05, 3.63) is 48.5 Å². The molecular formula is C32H41N3O6S. The monoisotopic (exact) mass is 595 g/mol. The molecular weight excluding hydrogens is 554 g/mol. The zero-order valence-corrected chi connectivity index (χ0v) is 25.7. The lowest BCUT2D eigenvalue weighted by molar-refractivity contribution is -0.142. The molecule has 2 aromatic carbocycles. The third-order valence-electron chi connectivity index (χ3n) is 8.88. The molecule has 0 radical (unpaired) electrons. The summed E-state index contributed by atoms with van der Waals surface area (Å²) in [7, 11) is 1.58. The molecule has 2 unspecified atom stereocenters. The van der Waals surface area contributed by atoms with Crippen molar-refractivity contribution in [3.8, 4) is 11.5 Å². The number of hydrogen-bond donors (Lipinski definition) is 3. The molecule has 9 nitrogen and oxygen atoms in total. The second kappa shape index (κ2) is 11.8. The number of aliphatic hydroxyl groups excluding tert-OH is 1. The lowest BCUT2D eigenvalue weighted by atomic mass is 9.66. The van der Waals surface area contributed by atoms with Crippen LogP contribution < -0.4 is 20.1 Å². The molecule has 3 aliphatic heterocycles. The number of thioether (sulfide) groups is 1. The molecule has 3 N–H and O–H groups in total. The minimum Gasteiger partial charge on any atom is -0.497 e. The summed E-state index contributed by atoms with van der Waals surface area (Å²) in [5, 5.41) is 16.5. The van der Waals surface area contributed by atoms with Crippen LogP contribution in [0, 0.1) is 17.8 Å². The highest BCUT2D eigenvalue weighted by Crippen LogP contribution is 2.71. The molecule has 0 aliphatic carbocycles. The number of carbonyl (C=O) groups is 3. The zero-order chi connectivity index (χ0) is 30.2. The van der Waals surface area contributed by atoms with Gasteiger partial charge in [0, 0.05) is 16.1 Å². The first-order valence-corrected chi connectivity index (χ1v) is 15.5. The van der Waals surface area contributed by atoms with Gasteiger partial charge in [-0.1, -0.05) is 13.8 Å². The Balaban J connectivity index is 1.49. The smallest absolute Gasteiger partial charge is 0.248 e. The van der Waals surface area contributed by atoms with E-state index in [1.807, 2.05) is 27.7 Å². The van der Waals surface area contributed by atoms with Gasteiger partial charge in [-0.05, 0) is 87.6 Å². The average Bonchev–Trinajstić information content (AvgIpc) is 3.53. The van der Waals surface area contributed by atoms with Crippen LogP contribution in [-0.2, 0) is 14.4 Å². The number of ether oxygens (including phenoxy) is 2. The molecule has 226 valence electrons. The molecule has 1 spiro atoms. The molecule has 3 fully saturated rings. The van der Waals surface area contributed by atoms with Crippen LogP contribution in [0.15, 0.2) is 48.5 Å². The largest absolute Gasteiger partial charge is 0.497 e. The quantitative estimate of drug-likeness (QED) is 0.349. The second-order valence-corrected chi connectivity index (χ2v) is 14.0. The van der Waals surface area contributed by atoms with Gasteiger partial charge in [0.05, 0.1) is 42.9 Å². The first-order chi connectivity index (χ1) is 20.1. The Labute approximate surface area is 251 Å². The summed E-state index contributed by atoms with van der Waals surface area (Å²) >= 11 is 1.61. The summed E-state index contributed by atoms with van der Waals surface area (Å²) < 4.78 is 9.48. The van der Waals surface area contributed by atoms with E-state index in [4.69, 9.17) is 9.47 Å². The maximum absolute atomic E-state index is 14.4. The summed E-state index contributed by atoms with van der Waals surface area (Å²) in [4.78, 5) is 44.2. The second-order valence-electron chi connectivity index (χ2n) is 12.1. The lowest BCUT2D eigenvalue weighted by Gasteiger charge is -2.37. The van der Waals surface area contributed by atoms with Crippen LogP contribution in [0.5, 0.6) is 11.5 Å². The Kier molecular flexibility index (Phi) is 8.49. The number of carbonyl (C=O) groups excluding carboxylic acids is 3. The standard InChI is InChI=1S/C32H41N3O6S/c1-6-41-24-13-9-20(10-14-24)33-28(37)25-26-30(39)35(22(18-36)17-19(2)3)27(32(26)16-15-31(25,4)42-32)29(38)34-21-7-11-23(40-5)12-8-21/h7-14,19,22,25-27,36H,6,15-18H2,1-5H3,(H,33,37)(H,34,38)/t22-,25+,26+,27?,31-,32?/m1/s1. The molecule has 3 saturated heterocycles. The van der Waals surface area contributed by atoms with Gasteiger partial charge < -0.3 is 30.1 Å². The van der Waals surface area contributed by atoms with E-state index in [1.165, 1.54) is 0 Å². The van der Waals surface area contributed by atoms with Gasteiger partial charge in [0.25, 0.3) is 0 Å². The van der Waals surface area contributed by atoms with Gasteiger partial charge in [0.15, 0.2) is 0 Å². The minimum absolute atomic E-state index is 0.193. The third kappa shape index (κ3) is 5.24. The first kappa shape index (κ1) is 30.2. The van der Waals surface area contributed by atoms with Crippen LogP contribution in [0.2, 0.25) is 0 Å². The van der Waals surface area contributed by atoms with Crippen molar-refractivity contribution in [2.45, 2.75) is 68.5 Å². The van der Waals surface area contributed by atoms with E-state index < -0.39 is 33.4 Å². The Morgan fingerprint density at radius 1 is 1.02 bits per heavy atom. The SMILES string of the molecule is CCOc1ccc(NC(=O)[C@@H]2[C@H]3C(=O)N([C@@H](CO)CC(C)C)C(C(=O)Nc4ccc(OC)cc4)C34CC[C@@]2(C)S4)cc1. The number of nitrogens with zero attached hydrogens (tertiary/aromatic N) is 1.